The maximum absolute atomic E-state index is 13.0. The molecule has 130 valence electrons. The molecule has 1 aliphatic rings. The predicted octanol–water partition coefficient (Wildman–Crippen LogP) is 4.19. The number of hydrogen-bond acceptors (Lipinski definition) is 4. The summed E-state index contributed by atoms with van der Waals surface area (Å²) in [6, 6.07) is 1.90. The van der Waals surface area contributed by atoms with Gasteiger partial charge in [0.2, 0.25) is 0 Å². The van der Waals surface area contributed by atoms with Crippen molar-refractivity contribution in [2.45, 2.75) is 52.5 Å². The number of fused-ring (bicyclic) bond motifs is 1. The lowest BCUT2D eigenvalue weighted by molar-refractivity contribution is -0.144. The summed E-state index contributed by atoms with van der Waals surface area (Å²) in [5.74, 6) is -0.992. The number of halogens is 1. The first kappa shape index (κ1) is 17.6. The van der Waals surface area contributed by atoms with Crippen LogP contribution in [-0.4, -0.2) is 20.9 Å². The van der Waals surface area contributed by atoms with Crippen molar-refractivity contribution in [3.05, 3.63) is 25.9 Å². The third-order valence-electron chi connectivity index (χ3n) is 4.84. The Kier molecular flexibility index (Phi) is 3.96. The second-order valence-electron chi connectivity index (χ2n) is 7.90. The van der Waals surface area contributed by atoms with Crippen molar-refractivity contribution in [3.63, 3.8) is 0 Å². The molecular formula is C17H21BrN2O3S. The maximum atomic E-state index is 13.0. The minimum absolute atomic E-state index is 0.0959. The Morgan fingerprint density at radius 2 is 2.12 bits per heavy atom. The van der Waals surface area contributed by atoms with Gasteiger partial charge in [0.25, 0.3) is 5.56 Å². The van der Waals surface area contributed by atoms with Gasteiger partial charge in [0.15, 0.2) is 5.54 Å². The molecule has 2 aromatic heterocycles. The van der Waals surface area contributed by atoms with Gasteiger partial charge in [-0.25, -0.2) is 9.48 Å². The van der Waals surface area contributed by atoms with Crippen LogP contribution < -0.4 is 5.56 Å². The van der Waals surface area contributed by atoms with E-state index in [1.165, 1.54) is 16.0 Å². The predicted molar refractivity (Wildman–Crippen MR) is 98.8 cm³/mol. The summed E-state index contributed by atoms with van der Waals surface area (Å²) in [4.78, 5) is 25.1. The van der Waals surface area contributed by atoms with Gasteiger partial charge >= 0.3 is 5.97 Å². The van der Waals surface area contributed by atoms with Crippen molar-refractivity contribution in [1.82, 2.24) is 9.78 Å². The highest BCUT2D eigenvalue weighted by Gasteiger charge is 2.67. The third-order valence-corrected chi connectivity index (χ3v) is 6.47. The lowest BCUT2D eigenvalue weighted by atomic mass is 9.87. The van der Waals surface area contributed by atoms with E-state index in [1.54, 1.807) is 0 Å². The first-order valence-electron chi connectivity index (χ1n) is 7.96. The normalized spacial score (nSPS) is 23.9. The number of carbonyl (C=O) groups is 1. The smallest absolute Gasteiger partial charge is 0.332 e. The number of rotatable bonds is 3. The van der Waals surface area contributed by atoms with Crippen molar-refractivity contribution in [2.24, 2.45) is 11.3 Å². The standard InChI is InChI=1S/C17H21BrN2O3S/c1-8(2)12-9-6-11(18)24-13(9)14(21)20(19-12)17(15(22)23)7-10(17)16(3,4)5/h6,8,10H,7H2,1-5H3,(H,22,23). The Hall–Kier alpha value is -1.21. The van der Waals surface area contributed by atoms with Crippen molar-refractivity contribution in [3.8, 4) is 0 Å². The molecule has 24 heavy (non-hydrogen) atoms. The zero-order valence-corrected chi connectivity index (χ0v) is 16.8. The molecule has 0 aromatic carbocycles. The lowest BCUT2D eigenvalue weighted by Gasteiger charge is -2.24. The molecule has 1 aliphatic carbocycles. The Bertz CT molecular complexity index is 894. The fourth-order valence-electron chi connectivity index (χ4n) is 3.55. The van der Waals surface area contributed by atoms with Gasteiger partial charge < -0.3 is 5.11 Å². The second-order valence-corrected chi connectivity index (χ2v) is 10.3. The highest BCUT2D eigenvalue weighted by Crippen LogP contribution is 2.58. The van der Waals surface area contributed by atoms with E-state index in [4.69, 9.17) is 0 Å². The first-order valence-corrected chi connectivity index (χ1v) is 9.57. The van der Waals surface area contributed by atoms with Crippen LogP contribution in [0.3, 0.4) is 0 Å². The van der Waals surface area contributed by atoms with Crippen molar-refractivity contribution >= 4 is 43.3 Å². The number of carboxylic acids is 1. The minimum Gasteiger partial charge on any atom is -0.479 e. The maximum Gasteiger partial charge on any atom is 0.332 e. The second kappa shape index (κ2) is 5.39. The number of aromatic nitrogens is 2. The van der Waals surface area contributed by atoms with Gasteiger partial charge in [-0.05, 0) is 39.8 Å². The van der Waals surface area contributed by atoms with Crippen molar-refractivity contribution in [1.29, 1.82) is 0 Å². The number of aliphatic carboxylic acids is 1. The molecule has 0 aliphatic heterocycles. The molecule has 2 atom stereocenters. The number of hydrogen-bond donors (Lipinski definition) is 1. The summed E-state index contributed by atoms with van der Waals surface area (Å²) in [6.45, 7) is 10.0. The van der Waals surface area contributed by atoms with E-state index < -0.39 is 11.5 Å². The van der Waals surface area contributed by atoms with Crippen LogP contribution >= 0.6 is 27.3 Å². The van der Waals surface area contributed by atoms with Crippen molar-refractivity contribution < 1.29 is 9.90 Å². The van der Waals surface area contributed by atoms with Crippen LogP contribution in [-0.2, 0) is 10.3 Å². The zero-order chi connectivity index (χ0) is 18.0. The van der Waals surface area contributed by atoms with E-state index in [1.807, 2.05) is 40.7 Å². The lowest BCUT2D eigenvalue weighted by Crippen LogP contribution is -2.42. The average molecular weight is 413 g/mol. The Balaban J connectivity index is 2.32. The fourth-order valence-corrected chi connectivity index (χ4v) is 5.08. The molecule has 0 radical (unpaired) electrons. The highest BCUT2D eigenvalue weighted by molar-refractivity contribution is 9.11. The SMILES string of the molecule is CC(C)c1nn(C2(C(=O)O)CC2C(C)(C)C)c(=O)c2sc(Br)cc12. The van der Waals surface area contributed by atoms with E-state index in [9.17, 15) is 14.7 Å². The summed E-state index contributed by atoms with van der Waals surface area (Å²) < 4.78 is 2.68. The van der Waals surface area contributed by atoms with Gasteiger partial charge in [-0.3, -0.25) is 4.79 Å². The number of nitrogens with zero attached hydrogens (tertiary/aromatic N) is 2. The minimum atomic E-state index is -1.23. The molecule has 0 bridgehead atoms. The molecular weight excluding hydrogens is 392 g/mol. The van der Waals surface area contributed by atoms with Crippen LogP contribution in [0.25, 0.3) is 10.1 Å². The Morgan fingerprint density at radius 1 is 1.50 bits per heavy atom. The van der Waals surface area contributed by atoms with E-state index in [0.29, 0.717) is 11.1 Å². The van der Waals surface area contributed by atoms with Gasteiger partial charge in [-0.15, -0.1) is 11.3 Å². The molecule has 1 N–H and O–H groups in total. The van der Waals surface area contributed by atoms with Gasteiger partial charge in [0.05, 0.1) is 9.48 Å². The average Bonchev–Trinajstić information content (AvgIpc) is 3.09. The largest absolute Gasteiger partial charge is 0.479 e. The zero-order valence-electron chi connectivity index (χ0n) is 14.4. The van der Waals surface area contributed by atoms with Crippen LogP contribution in [0.5, 0.6) is 0 Å². The van der Waals surface area contributed by atoms with Gasteiger partial charge in [-0.1, -0.05) is 34.6 Å². The molecule has 0 saturated heterocycles. The summed E-state index contributed by atoms with van der Waals surface area (Å²) in [5.41, 5.74) is -0.974. The molecule has 5 nitrogen and oxygen atoms in total. The quantitative estimate of drug-likeness (QED) is 0.819. The number of carboxylic acid groups (broad SMARTS) is 1. The fraction of sp³-hybridized carbons (Fsp3) is 0.588. The highest BCUT2D eigenvalue weighted by atomic mass is 79.9. The summed E-state index contributed by atoms with van der Waals surface area (Å²) in [6.07, 6.45) is 0.439. The number of thiophene rings is 1. The topological polar surface area (TPSA) is 72.2 Å². The molecule has 2 aromatic rings. The van der Waals surface area contributed by atoms with Crippen LogP contribution in [0, 0.1) is 11.3 Å². The first-order chi connectivity index (χ1) is 11.0. The Labute approximate surface area is 152 Å². The van der Waals surface area contributed by atoms with Crippen LogP contribution in [0.1, 0.15) is 52.7 Å². The van der Waals surface area contributed by atoms with Gasteiger partial charge in [-0.2, -0.15) is 5.10 Å². The molecule has 3 rings (SSSR count). The van der Waals surface area contributed by atoms with E-state index in [-0.39, 0.29) is 22.8 Å². The molecule has 7 heteroatoms. The van der Waals surface area contributed by atoms with Gasteiger partial charge in [0, 0.05) is 11.3 Å². The molecule has 1 fully saturated rings. The van der Waals surface area contributed by atoms with E-state index in [2.05, 4.69) is 21.0 Å². The molecule has 2 unspecified atom stereocenters. The third kappa shape index (κ3) is 2.44. The van der Waals surface area contributed by atoms with Crippen LogP contribution in [0.4, 0.5) is 0 Å². The van der Waals surface area contributed by atoms with Crippen LogP contribution in [0.2, 0.25) is 0 Å². The summed E-state index contributed by atoms with van der Waals surface area (Å²) in [5, 5.41) is 15.3. The Morgan fingerprint density at radius 3 is 2.58 bits per heavy atom. The van der Waals surface area contributed by atoms with E-state index in [0.717, 1.165) is 14.9 Å². The van der Waals surface area contributed by atoms with Crippen molar-refractivity contribution in [2.75, 3.05) is 0 Å². The van der Waals surface area contributed by atoms with Gasteiger partial charge in [0.1, 0.15) is 4.70 Å². The molecule has 0 amide bonds. The summed E-state index contributed by atoms with van der Waals surface area (Å²) in [7, 11) is 0. The molecule has 0 spiro atoms. The van der Waals surface area contributed by atoms with E-state index >= 15 is 0 Å². The molecule has 2 heterocycles. The van der Waals surface area contributed by atoms with Crippen LogP contribution in [0.15, 0.2) is 14.6 Å². The molecule has 1 saturated carbocycles. The summed E-state index contributed by atoms with van der Waals surface area (Å²) >= 11 is 4.77. The monoisotopic (exact) mass is 412 g/mol.